The third-order valence-corrected chi connectivity index (χ3v) is 5.15. The van der Waals surface area contributed by atoms with E-state index in [9.17, 15) is 9.59 Å². The van der Waals surface area contributed by atoms with Crippen LogP contribution in [0.3, 0.4) is 0 Å². The molecule has 1 fully saturated rings. The minimum atomic E-state index is -1.03. The summed E-state index contributed by atoms with van der Waals surface area (Å²) in [4.78, 5) is 22.9. The van der Waals surface area contributed by atoms with E-state index in [0.717, 1.165) is 11.5 Å². The van der Waals surface area contributed by atoms with Gasteiger partial charge in [0.2, 0.25) is 5.91 Å². The van der Waals surface area contributed by atoms with Crippen LogP contribution in [-0.4, -0.2) is 47.0 Å². The molecule has 19 heavy (non-hydrogen) atoms. The van der Waals surface area contributed by atoms with Gasteiger partial charge in [-0.15, -0.1) is 0 Å². The van der Waals surface area contributed by atoms with Crippen LogP contribution in [0.1, 0.15) is 12.8 Å². The SMILES string of the molecule is N=C(N)NCCC[C@H](NC(=O)C1CSSC1)C(=O)O. The quantitative estimate of drug-likeness (QED) is 0.191. The minimum Gasteiger partial charge on any atom is -0.480 e. The molecule has 6 N–H and O–H groups in total. The van der Waals surface area contributed by atoms with Gasteiger partial charge in [0.1, 0.15) is 6.04 Å². The van der Waals surface area contributed by atoms with Crippen molar-refractivity contribution in [2.45, 2.75) is 18.9 Å². The number of aliphatic carboxylic acids is 1. The Balaban J connectivity index is 2.33. The van der Waals surface area contributed by atoms with Gasteiger partial charge in [-0.3, -0.25) is 10.2 Å². The van der Waals surface area contributed by atoms with Gasteiger partial charge < -0.3 is 21.5 Å². The highest BCUT2D eigenvalue weighted by atomic mass is 33.1. The lowest BCUT2D eigenvalue weighted by atomic mass is 10.1. The summed E-state index contributed by atoms with van der Waals surface area (Å²) in [7, 11) is 3.26. The van der Waals surface area contributed by atoms with E-state index in [1.54, 1.807) is 21.6 Å². The van der Waals surface area contributed by atoms with E-state index in [4.69, 9.17) is 16.2 Å². The van der Waals surface area contributed by atoms with E-state index in [0.29, 0.717) is 19.4 Å². The fourth-order valence-corrected chi connectivity index (χ4v) is 4.31. The molecule has 0 aliphatic carbocycles. The lowest BCUT2D eigenvalue weighted by Gasteiger charge is -2.16. The molecule has 0 aromatic heterocycles. The molecule has 108 valence electrons. The smallest absolute Gasteiger partial charge is 0.326 e. The van der Waals surface area contributed by atoms with Crippen LogP contribution in [0.5, 0.6) is 0 Å². The van der Waals surface area contributed by atoms with E-state index in [1.165, 1.54) is 0 Å². The molecule has 7 nitrogen and oxygen atoms in total. The average Bonchev–Trinajstić information content (AvgIpc) is 2.85. The summed E-state index contributed by atoms with van der Waals surface area (Å²) < 4.78 is 0. The molecular weight excluding hydrogens is 288 g/mol. The van der Waals surface area contributed by atoms with Crippen LogP contribution in [0.4, 0.5) is 0 Å². The summed E-state index contributed by atoms with van der Waals surface area (Å²) >= 11 is 0. The monoisotopic (exact) mass is 306 g/mol. The number of hydrogen-bond donors (Lipinski definition) is 5. The summed E-state index contributed by atoms with van der Waals surface area (Å²) in [6.45, 7) is 0.421. The van der Waals surface area contributed by atoms with Crippen molar-refractivity contribution in [2.75, 3.05) is 18.1 Å². The predicted molar refractivity (Wildman–Crippen MR) is 77.1 cm³/mol. The van der Waals surface area contributed by atoms with Crippen LogP contribution in [0.2, 0.25) is 0 Å². The van der Waals surface area contributed by atoms with Crippen LogP contribution < -0.4 is 16.4 Å². The highest BCUT2D eigenvalue weighted by molar-refractivity contribution is 8.77. The number of rotatable bonds is 7. The fourth-order valence-electron chi connectivity index (χ4n) is 1.54. The predicted octanol–water partition coefficient (Wildman–Crippen LogP) is -0.170. The second kappa shape index (κ2) is 8.16. The van der Waals surface area contributed by atoms with Crippen molar-refractivity contribution < 1.29 is 14.7 Å². The minimum absolute atomic E-state index is 0.104. The third kappa shape index (κ3) is 6.06. The number of nitrogens with one attached hydrogen (secondary N) is 3. The molecule has 1 rings (SSSR count). The number of amides is 1. The Morgan fingerprint density at radius 1 is 1.42 bits per heavy atom. The second-order valence-electron chi connectivity index (χ2n) is 4.15. The van der Waals surface area contributed by atoms with Gasteiger partial charge in [-0.25, -0.2) is 4.79 Å². The van der Waals surface area contributed by atoms with Crippen molar-refractivity contribution in [3.8, 4) is 0 Å². The van der Waals surface area contributed by atoms with Crippen molar-refractivity contribution in [3.63, 3.8) is 0 Å². The molecule has 0 bridgehead atoms. The van der Waals surface area contributed by atoms with Gasteiger partial charge in [-0.1, -0.05) is 21.6 Å². The van der Waals surface area contributed by atoms with Gasteiger partial charge in [-0.05, 0) is 12.8 Å². The Kier molecular flexibility index (Phi) is 6.85. The third-order valence-electron chi connectivity index (χ3n) is 2.59. The van der Waals surface area contributed by atoms with Crippen molar-refractivity contribution in [1.82, 2.24) is 10.6 Å². The molecule has 1 saturated heterocycles. The Labute approximate surface area is 119 Å². The number of hydrogen-bond acceptors (Lipinski definition) is 5. The van der Waals surface area contributed by atoms with Crippen LogP contribution in [0, 0.1) is 11.3 Å². The summed E-state index contributed by atoms with van der Waals surface area (Å²) in [5, 5.41) is 21.2. The molecule has 1 heterocycles. The number of nitrogens with two attached hydrogens (primary N) is 1. The first-order valence-electron chi connectivity index (χ1n) is 5.86. The first-order chi connectivity index (χ1) is 9.00. The molecule has 0 radical (unpaired) electrons. The normalized spacial score (nSPS) is 16.8. The summed E-state index contributed by atoms with van der Waals surface area (Å²) in [6.07, 6.45) is 0.833. The van der Waals surface area contributed by atoms with E-state index in [2.05, 4.69) is 10.6 Å². The zero-order valence-corrected chi connectivity index (χ0v) is 12.0. The number of guanidine groups is 1. The van der Waals surface area contributed by atoms with E-state index >= 15 is 0 Å². The summed E-state index contributed by atoms with van der Waals surface area (Å²) in [5.41, 5.74) is 5.11. The molecule has 0 aromatic carbocycles. The lowest BCUT2D eigenvalue weighted by molar-refractivity contribution is -0.142. The molecular formula is C10H18N4O3S2. The number of carbonyl (C=O) groups is 2. The molecule has 9 heteroatoms. The highest BCUT2D eigenvalue weighted by Crippen LogP contribution is 2.34. The zero-order valence-electron chi connectivity index (χ0n) is 10.3. The first-order valence-corrected chi connectivity index (χ1v) is 8.35. The fraction of sp³-hybridized carbons (Fsp3) is 0.700. The van der Waals surface area contributed by atoms with Gasteiger partial charge in [-0.2, -0.15) is 0 Å². The first kappa shape index (κ1) is 16.0. The molecule has 0 saturated carbocycles. The summed E-state index contributed by atoms with van der Waals surface area (Å²) in [5.74, 6) is -0.00859. The van der Waals surface area contributed by atoms with Crippen LogP contribution in [0.15, 0.2) is 0 Å². The van der Waals surface area contributed by atoms with Gasteiger partial charge >= 0.3 is 5.97 Å². The molecule has 1 amide bonds. The molecule has 1 aliphatic heterocycles. The van der Waals surface area contributed by atoms with Crippen molar-refractivity contribution in [2.24, 2.45) is 11.7 Å². The Morgan fingerprint density at radius 2 is 2.05 bits per heavy atom. The van der Waals surface area contributed by atoms with E-state index < -0.39 is 12.0 Å². The maximum atomic E-state index is 11.8. The molecule has 1 aliphatic rings. The van der Waals surface area contributed by atoms with Gasteiger partial charge in [0.25, 0.3) is 0 Å². The van der Waals surface area contributed by atoms with Crippen molar-refractivity contribution in [1.29, 1.82) is 5.41 Å². The summed E-state index contributed by atoms with van der Waals surface area (Å²) in [6, 6.07) is -0.878. The molecule has 1 atom stereocenters. The zero-order chi connectivity index (χ0) is 14.3. The molecule has 0 aromatic rings. The van der Waals surface area contributed by atoms with Crippen LogP contribution in [-0.2, 0) is 9.59 Å². The van der Waals surface area contributed by atoms with Crippen molar-refractivity contribution >= 4 is 39.4 Å². The topological polar surface area (TPSA) is 128 Å². The number of carboxylic acids is 1. The Bertz CT molecular complexity index is 348. The van der Waals surface area contributed by atoms with E-state index in [-0.39, 0.29) is 17.8 Å². The van der Waals surface area contributed by atoms with E-state index in [1.807, 2.05) is 0 Å². The Morgan fingerprint density at radius 3 is 2.58 bits per heavy atom. The van der Waals surface area contributed by atoms with Crippen LogP contribution in [0.25, 0.3) is 0 Å². The lowest BCUT2D eigenvalue weighted by Crippen LogP contribution is -2.44. The maximum Gasteiger partial charge on any atom is 0.326 e. The van der Waals surface area contributed by atoms with Gasteiger partial charge in [0, 0.05) is 18.1 Å². The van der Waals surface area contributed by atoms with Crippen LogP contribution >= 0.6 is 21.6 Å². The average molecular weight is 306 g/mol. The second-order valence-corrected chi connectivity index (χ2v) is 6.70. The standard InChI is InChI=1S/C10H18N4O3S2/c11-10(12)13-3-1-2-7(9(16)17)14-8(15)6-4-18-19-5-6/h6-7H,1-5H2,(H,14,15)(H,16,17)(H4,11,12,13)/t7-/m0/s1. The highest BCUT2D eigenvalue weighted by Gasteiger charge is 2.27. The van der Waals surface area contributed by atoms with Gasteiger partial charge in [0.15, 0.2) is 5.96 Å². The number of carbonyl (C=O) groups excluding carboxylic acids is 1. The Hall–Kier alpha value is -1.09. The molecule has 0 unspecified atom stereocenters. The molecule has 0 spiro atoms. The van der Waals surface area contributed by atoms with Gasteiger partial charge in [0.05, 0.1) is 5.92 Å². The van der Waals surface area contributed by atoms with Crippen molar-refractivity contribution in [3.05, 3.63) is 0 Å². The largest absolute Gasteiger partial charge is 0.480 e. The number of carboxylic acid groups (broad SMARTS) is 1. The maximum absolute atomic E-state index is 11.8.